The van der Waals surface area contributed by atoms with Gasteiger partial charge < -0.3 is 9.64 Å². The summed E-state index contributed by atoms with van der Waals surface area (Å²) in [6, 6.07) is 10.2. The second kappa shape index (κ2) is 6.13. The van der Waals surface area contributed by atoms with Crippen molar-refractivity contribution in [2.24, 2.45) is 0 Å². The van der Waals surface area contributed by atoms with Crippen molar-refractivity contribution >= 4 is 5.70 Å². The van der Waals surface area contributed by atoms with Gasteiger partial charge in [0.1, 0.15) is 6.23 Å². The molecule has 86 valence electrons. The minimum absolute atomic E-state index is 0.0337. The van der Waals surface area contributed by atoms with Crippen LogP contribution in [0.5, 0.6) is 0 Å². The van der Waals surface area contributed by atoms with Gasteiger partial charge in [-0.2, -0.15) is 0 Å². The molecule has 2 heteroatoms. The highest BCUT2D eigenvalue weighted by Gasteiger charge is 2.12. The summed E-state index contributed by atoms with van der Waals surface area (Å²) in [6.45, 7) is 5.76. The Kier molecular flexibility index (Phi) is 4.80. The van der Waals surface area contributed by atoms with Crippen LogP contribution in [0.1, 0.15) is 12.5 Å². The molecule has 0 amide bonds. The average Bonchev–Trinajstić information content (AvgIpc) is 2.35. The summed E-state index contributed by atoms with van der Waals surface area (Å²) in [5, 5.41) is 0. The maximum Gasteiger partial charge on any atom is 0.126 e. The molecular weight excluding hydrogens is 198 g/mol. The predicted molar refractivity (Wildman–Crippen MR) is 68.9 cm³/mol. The Morgan fingerprint density at radius 2 is 2.00 bits per heavy atom. The van der Waals surface area contributed by atoms with Crippen LogP contribution < -0.4 is 0 Å². The van der Waals surface area contributed by atoms with Crippen molar-refractivity contribution in [3.63, 3.8) is 0 Å². The van der Waals surface area contributed by atoms with Crippen LogP contribution in [-0.2, 0) is 4.74 Å². The lowest BCUT2D eigenvalue weighted by molar-refractivity contribution is 0.0295. The molecular formula is C14H19NO. The lowest BCUT2D eigenvalue weighted by Gasteiger charge is -2.28. The number of rotatable bonds is 5. The van der Waals surface area contributed by atoms with Gasteiger partial charge in [-0.1, -0.05) is 43.0 Å². The second-order valence-electron chi connectivity index (χ2n) is 3.60. The zero-order chi connectivity index (χ0) is 12.0. The fourth-order valence-corrected chi connectivity index (χ4v) is 1.49. The van der Waals surface area contributed by atoms with Gasteiger partial charge in [0.05, 0.1) is 0 Å². The Hall–Kier alpha value is -1.54. The molecule has 0 saturated carbocycles. The molecule has 2 nitrogen and oxygen atoms in total. The quantitative estimate of drug-likeness (QED) is 0.555. The van der Waals surface area contributed by atoms with Crippen molar-refractivity contribution in [3.8, 4) is 0 Å². The molecule has 0 N–H and O–H groups in total. The Bertz CT molecular complexity index is 356. The topological polar surface area (TPSA) is 12.5 Å². The number of nitrogens with zero attached hydrogens (tertiary/aromatic N) is 1. The number of allylic oxidation sites excluding steroid dienone is 2. The van der Waals surface area contributed by atoms with Crippen LogP contribution in [-0.4, -0.2) is 25.3 Å². The third-order valence-corrected chi connectivity index (χ3v) is 2.61. The van der Waals surface area contributed by atoms with Crippen LogP contribution in [0.25, 0.3) is 5.70 Å². The van der Waals surface area contributed by atoms with E-state index in [2.05, 4.69) is 23.6 Å². The van der Waals surface area contributed by atoms with Gasteiger partial charge in [0.15, 0.2) is 0 Å². The van der Waals surface area contributed by atoms with Gasteiger partial charge in [0, 0.05) is 19.9 Å². The second-order valence-corrected chi connectivity index (χ2v) is 3.60. The van der Waals surface area contributed by atoms with E-state index in [1.165, 1.54) is 0 Å². The third kappa shape index (κ3) is 2.97. The monoisotopic (exact) mass is 217 g/mol. The molecule has 0 aromatic heterocycles. The minimum Gasteiger partial charge on any atom is -0.362 e. The summed E-state index contributed by atoms with van der Waals surface area (Å²) in [5.41, 5.74) is 2.26. The molecule has 0 fully saturated rings. The summed E-state index contributed by atoms with van der Waals surface area (Å²) >= 11 is 0. The number of hydrogen-bond donors (Lipinski definition) is 0. The van der Waals surface area contributed by atoms with Crippen molar-refractivity contribution in [3.05, 3.63) is 54.6 Å². The van der Waals surface area contributed by atoms with Gasteiger partial charge in [0.2, 0.25) is 0 Å². The number of ether oxygens (including phenoxy) is 1. The zero-order valence-electron chi connectivity index (χ0n) is 10.2. The van der Waals surface area contributed by atoms with E-state index in [1.54, 1.807) is 13.2 Å². The van der Waals surface area contributed by atoms with Crippen molar-refractivity contribution in [1.82, 2.24) is 4.90 Å². The van der Waals surface area contributed by atoms with Crippen molar-refractivity contribution in [2.75, 3.05) is 14.2 Å². The molecule has 0 aliphatic carbocycles. The van der Waals surface area contributed by atoms with Gasteiger partial charge in [-0.3, -0.25) is 0 Å². The number of hydrogen-bond acceptors (Lipinski definition) is 2. The predicted octanol–water partition coefficient (Wildman–Crippen LogP) is 3.14. The molecule has 0 bridgehead atoms. The largest absolute Gasteiger partial charge is 0.362 e. The van der Waals surface area contributed by atoms with Crippen LogP contribution in [0.2, 0.25) is 0 Å². The van der Waals surface area contributed by atoms with Gasteiger partial charge in [0.25, 0.3) is 0 Å². The normalized spacial score (nSPS) is 13.3. The Morgan fingerprint density at radius 3 is 2.50 bits per heavy atom. The smallest absolute Gasteiger partial charge is 0.126 e. The molecule has 1 atom stereocenters. The summed E-state index contributed by atoms with van der Waals surface area (Å²) in [5.74, 6) is 0. The van der Waals surface area contributed by atoms with E-state index in [0.717, 1.165) is 11.3 Å². The Balaban J connectivity index is 3.01. The van der Waals surface area contributed by atoms with Gasteiger partial charge in [-0.25, -0.2) is 0 Å². The Morgan fingerprint density at radius 1 is 1.38 bits per heavy atom. The highest BCUT2D eigenvalue weighted by atomic mass is 16.5. The van der Waals surface area contributed by atoms with Crippen LogP contribution >= 0.6 is 0 Å². The molecule has 1 aromatic carbocycles. The van der Waals surface area contributed by atoms with E-state index in [1.807, 2.05) is 38.2 Å². The van der Waals surface area contributed by atoms with Gasteiger partial charge in [-0.05, 0) is 18.6 Å². The minimum atomic E-state index is 0.0337. The van der Waals surface area contributed by atoms with E-state index < -0.39 is 0 Å². The van der Waals surface area contributed by atoms with E-state index in [4.69, 9.17) is 4.74 Å². The van der Waals surface area contributed by atoms with Crippen molar-refractivity contribution in [1.29, 1.82) is 0 Å². The molecule has 0 aliphatic heterocycles. The highest BCUT2D eigenvalue weighted by Crippen LogP contribution is 2.20. The van der Waals surface area contributed by atoms with Crippen molar-refractivity contribution in [2.45, 2.75) is 13.2 Å². The maximum absolute atomic E-state index is 5.31. The van der Waals surface area contributed by atoms with Gasteiger partial charge >= 0.3 is 0 Å². The van der Waals surface area contributed by atoms with Crippen LogP contribution in [0.4, 0.5) is 0 Å². The van der Waals surface area contributed by atoms with Crippen molar-refractivity contribution < 1.29 is 4.74 Å². The summed E-state index contributed by atoms with van der Waals surface area (Å²) in [4.78, 5) is 2.08. The first-order valence-corrected chi connectivity index (χ1v) is 5.34. The zero-order valence-corrected chi connectivity index (χ0v) is 10.2. The summed E-state index contributed by atoms with van der Waals surface area (Å²) in [6.07, 6.45) is 3.82. The molecule has 1 aromatic rings. The lowest BCUT2D eigenvalue weighted by atomic mass is 10.1. The summed E-state index contributed by atoms with van der Waals surface area (Å²) in [7, 11) is 3.72. The molecule has 1 rings (SSSR count). The summed E-state index contributed by atoms with van der Waals surface area (Å²) < 4.78 is 5.31. The average molecular weight is 217 g/mol. The van der Waals surface area contributed by atoms with Crippen LogP contribution in [0.3, 0.4) is 0 Å². The number of benzene rings is 1. The van der Waals surface area contributed by atoms with E-state index in [9.17, 15) is 0 Å². The maximum atomic E-state index is 5.31. The number of methoxy groups -OCH3 is 1. The molecule has 0 radical (unpaired) electrons. The van der Waals surface area contributed by atoms with Crippen LogP contribution in [0, 0.1) is 0 Å². The van der Waals surface area contributed by atoms with Crippen LogP contribution in [0.15, 0.2) is 49.1 Å². The SMILES string of the molecule is C=C/C=C(/c1ccccc1)N(C)C(C)OC. The van der Waals surface area contributed by atoms with E-state index >= 15 is 0 Å². The first-order valence-electron chi connectivity index (χ1n) is 5.34. The van der Waals surface area contributed by atoms with Gasteiger partial charge in [-0.15, -0.1) is 0 Å². The fourth-order valence-electron chi connectivity index (χ4n) is 1.49. The molecule has 0 heterocycles. The molecule has 0 spiro atoms. The fraction of sp³-hybridized carbons (Fsp3) is 0.286. The molecule has 1 unspecified atom stereocenters. The molecule has 0 aliphatic rings. The first-order chi connectivity index (χ1) is 7.70. The van der Waals surface area contributed by atoms with E-state index in [-0.39, 0.29) is 6.23 Å². The Labute approximate surface area is 97.8 Å². The first kappa shape index (κ1) is 12.5. The van der Waals surface area contributed by atoms with E-state index in [0.29, 0.717) is 0 Å². The third-order valence-electron chi connectivity index (χ3n) is 2.61. The lowest BCUT2D eigenvalue weighted by Crippen LogP contribution is -2.29. The molecule has 16 heavy (non-hydrogen) atoms. The molecule has 0 saturated heterocycles. The highest BCUT2D eigenvalue weighted by molar-refractivity contribution is 5.65. The standard InChI is InChI=1S/C14H19NO/c1-5-9-14(15(3)12(2)16-4)13-10-7-6-8-11-13/h5-12H,1H2,2-4H3/b14-9-.